The van der Waals surface area contributed by atoms with Crippen LogP contribution < -0.4 is 5.32 Å². The van der Waals surface area contributed by atoms with Crippen molar-refractivity contribution in [2.75, 3.05) is 32.8 Å². The summed E-state index contributed by atoms with van der Waals surface area (Å²) in [5, 5.41) is 2.90. The fraction of sp³-hybridized carbons (Fsp3) is 0.917. The number of urea groups is 1. The van der Waals surface area contributed by atoms with Crippen LogP contribution in [-0.4, -0.2) is 49.6 Å². The fourth-order valence-corrected chi connectivity index (χ4v) is 2.30. The summed E-state index contributed by atoms with van der Waals surface area (Å²) in [6.07, 6.45) is 3.51. The minimum absolute atomic E-state index is 0.0394. The zero-order valence-electron chi connectivity index (χ0n) is 10.5. The van der Waals surface area contributed by atoms with Crippen LogP contribution in [0.1, 0.15) is 32.6 Å². The van der Waals surface area contributed by atoms with Crippen LogP contribution in [0.4, 0.5) is 4.79 Å². The summed E-state index contributed by atoms with van der Waals surface area (Å²) in [5.74, 6) is -0.403. The van der Waals surface area contributed by atoms with Gasteiger partial charge in [-0.2, -0.15) is 0 Å². The highest BCUT2D eigenvalue weighted by Gasteiger charge is 2.39. The summed E-state index contributed by atoms with van der Waals surface area (Å²) in [5.41, 5.74) is 0. The lowest BCUT2D eigenvalue weighted by atomic mass is 10.0. The summed E-state index contributed by atoms with van der Waals surface area (Å²) < 4.78 is 11.5. The predicted molar refractivity (Wildman–Crippen MR) is 63.7 cm³/mol. The van der Waals surface area contributed by atoms with Gasteiger partial charge in [-0.15, -0.1) is 0 Å². The molecule has 17 heavy (non-hydrogen) atoms. The van der Waals surface area contributed by atoms with E-state index in [1.54, 1.807) is 0 Å². The highest BCUT2D eigenvalue weighted by molar-refractivity contribution is 5.74. The van der Waals surface area contributed by atoms with Gasteiger partial charge in [0.15, 0.2) is 5.79 Å². The van der Waals surface area contributed by atoms with Crippen molar-refractivity contribution in [1.29, 1.82) is 0 Å². The molecule has 2 fully saturated rings. The van der Waals surface area contributed by atoms with E-state index in [1.165, 1.54) is 0 Å². The summed E-state index contributed by atoms with van der Waals surface area (Å²) >= 11 is 0. The van der Waals surface area contributed by atoms with Crippen molar-refractivity contribution in [1.82, 2.24) is 10.2 Å². The van der Waals surface area contributed by atoms with Gasteiger partial charge in [0.2, 0.25) is 0 Å². The van der Waals surface area contributed by atoms with Gasteiger partial charge in [0, 0.05) is 32.5 Å². The summed E-state index contributed by atoms with van der Waals surface area (Å²) in [4.78, 5) is 13.6. The number of carbonyl (C=O) groups excluding carboxylic acids is 1. The Labute approximate surface area is 102 Å². The fourth-order valence-electron chi connectivity index (χ4n) is 2.30. The number of amides is 2. The number of piperidine rings is 1. The van der Waals surface area contributed by atoms with Gasteiger partial charge in [0.25, 0.3) is 0 Å². The Morgan fingerprint density at radius 2 is 1.94 bits per heavy atom. The largest absolute Gasteiger partial charge is 0.350 e. The number of rotatable bonds is 2. The number of ether oxygens (including phenoxy) is 2. The number of hydrogen-bond donors (Lipinski definition) is 1. The first-order chi connectivity index (χ1) is 8.26. The summed E-state index contributed by atoms with van der Waals surface area (Å²) in [6, 6.07) is 0.0394. The van der Waals surface area contributed by atoms with Gasteiger partial charge in [-0.05, 0) is 12.8 Å². The van der Waals surface area contributed by atoms with Crippen LogP contribution in [0.3, 0.4) is 0 Å². The Morgan fingerprint density at radius 3 is 2.53 bits per heavy atom. The predicted octanol–water partition coefficient (Wildman–Crippen LogP) is 1.34. The molecule has 2 heterocycles. The standard InChI is InChI=1S/C12H22N2O3/c1-2-6-13-11(15)14-7-4-12(5-8-14)16-9-3-10-17-12/h2-10H2,1H3,(H,13,15). The molecule has 2 aliphatic rings. The van der Waals surface area contributed by atoms with Crippen molar-refractivity contribution in [3.05, 3.63) is 0 Å². The smallest absolute Gasteiger partial charge is 0.317 e. The monoisotopic (exact) mass is 242 g/mol. The molecule has 0 aromatic heterocycles. The Kier molecular flexibility index (Phi) is 4.23. The van der Waals surface area contributed by atoms with Gasteiger partial charge in [-0.1, -0.05) is 6.92 Å². The van der Waals surface area contributed by atoms with Crippen LogP contribution in [0.2, 0.25) is 0 Å². The molecule has 1 N–H and O–H groups in total. The first-order valence-corrected chi connectivity index (χ1v) is 6.56. The molecule has 0 saturated carbocycles. The number of likely N-dealkylation sites (tertiary alicyclic amines) is 1. The lowest BCUT2D eigenvalue weighted by molar-refractivity contribution is -0.281. The van der Waals surface area contributed by atoms with Crippen LogP contribution in [0, 0.1) is 0 Å². The van der Waals surface area contributed by atoms with Gasteiger partial charge in [0.1, 0.15) is 0 Å². The summed E-state index contributed by atoms with van der Waals surface area (Å²) in [6.45, 7) is 5.79. The van der Waals surface area contributed by atoms with E-state index < -0.39 is 5.79 Å². The Morgan fingerprint density at radius 1 is 1.29 bits per heavy atom. The third-order valence-corrected chi connectivity index (χ3v) is 3.36. The maximum atomic E-state index is 11.8. The van der Waals surface area contributed by atoms with Crippen molar-refractivity contribution in [3.8, 4) is 0 Å². The molecule has 0 aromatic carbocycles. The quantitative estimate of drug-likeness (QED) is 0.795. The number of nitrogens with zero attached hydrogens (tertiary/aromatic N) is 1. The highest BCUT2D eigenvalue weighted by Crippen LogP contribution is 2.30. The minimum Gasteiger partial charge on any atom is -0.350 e. The van der Waals surface area contributed by atoms with Crippen molar-refractivity contribution < 1.29 is 14.3 Å². The van der Waals surface area contributed by atoms with Gasteiger partial charge in [0.05, 0.1) is 13.2 Å². The first kappa shape index (κ1) is 12.6. The van der Waals surface area contributed by atoms with Crippen molar-refractivity contribution in [3.63, 3.8) is 0 Å². The molecule has 0 unspecified atom stereocenters. The zero-order chi connectivity index (χ0) is 12.1. The molecule has 98 valence electrons. The SMILES string of the molecule is CCCNC(=O)N1CCC2(CC1)OCCCO2. The van der Waals surface area contributed by atoms with E-state index in [9.17, 15) is 4.79 Å². The molecule has 5 nitrogen and oxygen atoms in total. The minimum atomic E-state index is -0.403. The molecule has 0 aromatic rings. The second kappa shape index (κ2) is 5.69. The second-order valence-electron chi connectivity index (χ2n) is 4.68. The molecule has 1 spiro atoms. The van der Waals surface area contributed by atoms with E-state index in [4.69, 9.17) is 9.47 Å². The molecule has 0 aliphatic carbocycles. The van der Waals surface area contributed by atoms with E-state index in [0.717, 1.165) is 58.5 Å². The molecule has 2 saturated heterocycles. The zero-order valence-corrected chi connectivity index (χ0v) is 10.5. The molecular weight excluding hydrogens is 220 g/mol. The topological polar surface area (TPSA) is 50.8 Å². The van der Waals surface area contributed by atoms with Crippen LogP contribution in [0.5, 0.6) is 0 Å². The number of nitrogens with one attached hydrogen (secondary N) is 1. The number of carbonyl (C=O) groups is 1. The molecule has 5 heteroatoms. The maximum Gasteiger partial charge on any atom is 0.317 e. The lowest BCUT2D eigenvalue weighted by Crippen LogP contribution is -2.53. The molecule has 0 atom stereocenters. The Balaban J connectivity index is 1.78. The maximum absolute atomic E-state index is 11.8. The van der Waals surface area contributed by atoms with Crippen molar-refractivity contribution >= 4 is 6.03 Å². The third kappa shape index (κ3) is 3.10. The normalized spacial score (nSPS) is 23.7. The highest BCUT2D eigenvalue weighted by atomic mass is 16.7. The number of hydrogen-bond acceptors (Lipinski definition) is 3. The first-order valence-electron chi connectivity index (χ1n) is 6.56. The van der Waals surface area contributed by atoms with Crippen LogP contribution >= 0.6 is 0 Å². The van der Waals surface area contributed by atoms with Gasteiger partial charge < -0.3 is 19.7 Å². The van der Waals surface area contributed by atoms with E-state index >= 15 is 0 Å². The van der Waals surface area contributed by atoms with Crippen molar-refractivity contribution in [2.24, 2.45) is 0 Å². The van der Waals surface area contributed by atoms with E-state index in [1.807, 2.05) is 4.90 Å². The van der Waals surface area contributed by atoms with Gasteiger partial charge in [-0.25, -0.2) is 4.79 Å². The molecular formula is C12H22N2O3. The molecule has 0 bridgehead atoms. The molecule has 2 aliphatic heterocycles. The van der Waals surface area contributed by atoms with Crippen LogP contribution in [-0.2, 0) is 9.47 Å². The van der Waals surface area contributed by atoms with Crippen molar-refractivity contribution in [2.45, 2.75) is 38.4 Å². The second-order valence-corrected chi connectivity index (χ2v) is 4.68. The average molecular weight is 242 g/mol. The van der Waals surface area contributed by atoms with Gasteiger partial charge in [-0.3, -0.25) is 0 Å². The Bertz CT molecular complexity index is 254. The van der Waals surface area contributed by atoms with Crippen LogP contribution in [0.15, 0.2) is 0 Å². The van der Waals surface area contributed by atoms with Gasteiger partial charge >= 0.3 is 6.03 Å². The lowest BCUT2D eigenvalue weighted by Gasteiger charge is -2.43. The molecule has 0 radical (unpaired) electrons. The van der Waals surface area contributed by atoms with E-state index in [2.05, 4.69) is 12.2 Å². The Hall–Kier alpha value is -0.810. The van der Waals surface area contributed by atoms with E-state index in [0.29, 0.717) is 0 Å². The average Bonchev–Trinajstić information content (AvgIpc) is 2.38. The third-order valence-electron chi connectivity index (χ3n) is 3.36. The summed E-state index contributed by atoms with van der Waals surface area (Å²) in [7, 11) is 0. The molecule has 2 amide bonds. The van der Waals surface area contributed by atoms with E-state index in [-0.39, 0.29) is 6.03 Å². The molecule has 2 rings (SSSR count). The van der Waals surface area contributed by atoms with Crippen LogP contribution in [0.25, 0.3) is 0 Å².